The van der Waals surface area contributed by atoms with Gasteiger partial charge < -0.3 is 4.74 Å². The van der Waals surface area contributed by atoms with Crippen LogP contribution in [0.15, 0.2) is 17.5 Å². The molecule has 0 N–H and O–H groups in total. The van der Waals surface area contributed by atoms with Gasteiger partial charge in [0.05, 0.1) is 4.88 Å². The third kappa shape index (κ3) is 5.09. The monoisotopic (exact) mass is 226 g/mol. The Morgan fingerprint density at radius 2 is 2.33 bits per heavy atom. The summed E-state index contributed by atoms with van der Waals surface area (Å²) in [5, 5.41) is 1.91. The van der Waals surface area contributed by atoms with E-state index in [4.69, 9.17) is 4.74 Å². The van der Waals surface area contributed by atoms with Crippen LogP contribution in [-0.4, -0.2) is 19.0 Å². The zero-order valence-corrected chi connectivity index (χ0v) is 10.2. The second kappa shape index (κ2) is 6.75. The molecule has 0 amide bonds. The smallest absolute Gasteiger partial charge is 0.198 e. The van der Waals surface area contributed by atoms with Crippen LogP contribution in [-0.2, 0) is 4.74 Å². The molecule has 1 aromatic rings. The molecular formula is C12H18O2S. The van der Waals surface area contributed by atoms with E-state index in [9.17, 15) is 4.79 Å². The van der Waals surface area contributed by atoms with Gasteiger partial charge >= 0.3 is 0 Å². The van der Waals surface area contributed by atoms with Crippen LogP contribution in [0.5, 0.6) is 0 Å². The molecule has 0 unspecified atom stereocenters. The molecule has 0 saturated heterocycles. The highest BCUT2D eigenvalue weighted by atomic mass is 32.1. The van der Waals surface area contributed by atoms with Crippen LogP contribution in [0, 0.1) is 5.92 Å². The minimum Gasteiger partial charge on any atom is -0.373 e. The SMILES string of the molecule is CC(C)CCCOCC(=O)c1cccs1. The fraction of sp³-hybridized carbons (Fsp3) is 0.583. The summed E-state index contributed by atoms with van der Waals surface area (Å²) >= 11 is 1.47. The second-order valence-electron chi connectivity index (χ2n) is 3.99. The van der Waals surface area contributed by atoms with Crippen molar-refractivity contribution in [2.24, 2.45) is 5.92 Å². The molecule has 3 heteroatoms. The third-order valence-electron chi connectivity index (χ3n) is 2.10. The molecule has 0 fully saturated rings. The Kier molecular flexibility index (Phi) is 5.58. The predicted octanol–water partition coefficient (Wildman–Crippen LogP) is 3.38. The normalized spacial score (nSPS) is 10.9. The quantitative estimate of drug-likeness (QED) is 0.526. The predicted molar refractivity (Wildman–Crippen MR) is 63.5 cm³/mol. The van der Waals surface area contributed by atoms with Crippen LogP contribution in [0.4, 0.5) is 0 Å². The minimum absolute atomic E-state index is 0.0922. The number of ketones is 1. The van der Waals surface area contributed by atoms with Gasteiger partial charge in [-0.1, -0.05) is 19.9 Å². The maximum Gasteiger partial charge on any atom is 0.198 e. The molecule has 0 radical (unpaired) electrons. The maximum atomic E-state index is 11.5. The zero-order chi connectivity index (χ0) is 11.1. The van der Waals surface area contributed by atoms with Crippen LogP contribution in [0.25, 0.3) is 0 Å². The van der Waals surface area contributed by atoms with Crippen LogP contribution < -0.4 is 0 Å². The number of rotatable bonds is 7. The van der Waals surface area contributed by atoms with E-state index in [0.717, 1.165) is 17.7 Å². The lowest BCUT2D eigenvalue weighted by Gasteiger charge is -2.04. The highest BCUT2D eigenvalue weighted by molar-refractivity contribution is 7.12. The summed E-state index contributed by atoms with van der Waals surface area (Å²) in [6.45, 7) is 5.29. The first-order valence-corrected chi connectivity index (χ1v) is 6.22. The summed E-state index contributed by atoms with van der Waals surface area (Å²) in [6, 6.07) is 3.72. The Bertz CT molecular complexity index is 278. The molecule has 0 atom stereocenters. The molecule has 84 valence electrons. The topological polar surface area (TPSA) is 26.3 Å². The van der Waals surface area contributed by atoms with Crippen molar-refractivity contribution in [3.05, 3.63) is 22.4 Å². The maximum absolute atomic E-state index is 11.5. The summed E-state index contributed by atoms with van der Waals surface area (Å²) in [5.41, 5.74) is 0. The fourth-order valence-corrected chi connectivity index (χ4v) is 1.92. The Hall–Kier alpha value is -0.670. The van der Waals surface area contributed by atoms with Crippen molar-refractivity contribution in [3.8, 4) is 0 Å². The Balaban J connectivity index is 2.08. The second-order valence-corrected chi connectivity index (χ2v) is 4.94. The molecule has 0 saturated carbocycles. The Morgan fingerprint density at radius 1 is 1.53 bits per heavy atom. The molecule has 1 heterocycles. The van der Waals surface area contributed by atoms with E-state index in [1.807, 2.05) is 17.5 Å². The largest absolute Gasteiger partial charge is 0.373 e. The van der Waals surface area contributed by atoms with Gasteiger partial charge in [0.1, 0.15) is 6.61 Å². The summed E-state index contributed by atoms with van der Waals surface area (Å²) in [6.07, 6.45) is 2.20. The average Bonchev–Trinajstić information content (AvgIpc) is 2.69. The molecular weight excluding hydrogens is 208 g/mol. The van der Waals surface area contributed by atoms with E-state index >= 15 is 0 Å². The first kappa shape index (κ1) is 12.4. The van der Waals surface area contributed by atoms with Gasteiger partial charge in [-0.05, 0) is 30.2 Å². The molecule has 0 bridgehead atoms. The first-order chi connectivity index (χ1) is 7.20. The molecule has 15 heavy (non-hydrogen) atoms. The molecule has 1 rings (SSSR count). The van der Waals surface area contributed by atoms with Gasteiger partial charge in [0, 0.05) is 6.61 Å². The zero-order valence-electron chi connectivity index (χ0n) is 9.36. The van der Waals surface area contributed by atoms with Crippen molar-refractivity contribution in [1.29, 1.82) is 0 Å². The van der Waals surface area contributed by atoms with Gasteiger partial charge in [0.15, 0.2) is 5.78 Å². The van der Waals surface area contributed by atoms with Crippen molar-refractivity contribution in [1.82, 2.24) is 0 Å². The van der Waals surface area contributed by atoms with Gasteiger partial charge in [-0.3, -0.25) is 4.79 Å². The first-order valence-electron chi connectivity index (χ1n) is 5.34. The lowest BCUT2D eigenvalue weighted by molar-refractivity contribution is 0.0753. The van der Waals surface area contributed by atoms with Crippen molar-refractivity contribution in [2.75, 3.05) is 13.2 Å². The highest BCUT2D eigenvalue weighted by Gasteiger charge is 2.06. The number of hydrogen-bond donors (Lipinski definition) is 0. The van der Waals surface area contributed by atoms with Crippen molar-refractivity contribution in [3.63, 3.8) is 0 Å². The molecule has 0 aliphatic heterocycles. The molecule has 0 aliphatic rings. The average molecular weight is 226 g/mol. The van der Waals surface area contributed by atoms with Gasteiger partial charge in [0.25, 0.3) is 0 Å². The van der Waals surface area contributed by atoms with E-state index in [2.05, 4.69) is 13.8 Å². The van der Waals surface area contributed by atoms with Crippen molar-refractivity contribution in [2.45, 2.75) is 26.7 Å². The number of carbonyl (C=O) groups excluding carboxylic acids is 1. The van der Waals surface area contributed by atoms with E-state index in [-0.39, 0.29) is 12.4 Å². The number of thiophene rings is 1. The number of carbonyl (C=O) groups is 1. The van der Waals surface area contributed by atoms with Crippen molar-refractivity contribution >= 4 is 17.1 Å². The van der Waals surface area contributed by atoms with E-state index in [0.29, 0.717) is 12.5 Å². The van der Waals surface area contributed by atoms with Crippen LogP contribution in [0.2, 0.25) is 0 Å². The number of ether oxygens (including phenoxy) is 1. The molecule has 2 nitrogen and oxygen atoms in total. The Morgan fingerprint density at radius 3 is 2.93 bits per heavy atom. The lowest BCUT2D eigenvalue weighted by atomic mass is 10.1. The summed E-state index contributed by atoms with van der Waals surface area (Å²) in [7, 11) is 0. The van der Waals surface area contributed by atoms with Gasteiger partial charge in [0.2, 0.25) is 0 Å². The van der Waals surface area contributed by atoms with E-state index < -0.39 is 0 Å². The molecule has 0 aliphatic carbocycles. The molecule has 1 aromatic heterocycles. The van der Waals surface area contributed by atoms with Crippen molar-refractivity contribution < 1.29 is 9.53 Å². The summed E-state index contributed by atoms with van der Waals surface area (Å²) in [5.74, 6) is 0.802. The van der Waals surface area contributed by atoms with E-state index in [1.54, 1.807) is 0 Å². The number of hydrogen-bond acceptors (Lipinski definition) is 3. The van der Waals surface area contributed by atoms with Gasteiger partial charge in [-0.15, -0.1) is 11.3 Å². The molecule has 0 aromatic carbocycles. The van der Waals surface area contributed by atoms with Crippen LogP contribution >= 0.6 is 11.3 Å². The van der Waals surface area contributed by atoms with Crippen LogP contribution in [0.1, 0.15) is 36.4 Å². The summed E-state index contributed by atoms with van der Waals surface area (Å²) in [4.78, 5) is 12.3. The van der Waals surface area contributed by atoms with Gasteiger partial charge in [-0.25, -0.2) is 0 Å². The summed E-state index contributed by atoms with van der Waals surface area (Å²) < 4.78 is 5.33. The van der Waals surface area contributed by atoms with Crippen LogP contribution in [0.3, 0.4) is 0 Å². The minimum atomic E-state index is 0.0922. The fourth-order valence-electron chi connectivity index (χ4n) is 1.27. The Labute approximate surface area is 95.3 Å². The number of Topliss-reactive ketones (excluding diaryl/α,β-unsaturated/α-hetero) is 1. The molecule has 0 spiro atoms. The lowest BCUT2D eigenvalue weighted by Crippen LogP contribution is -2.08. The van der Waals surface area contributed by atoms with Gasteiger partial charge in [-0.2, -0.15) is 0 Å². The third-order valence-corrected chi connectivity index (χ3v) is 3.01. The van der Waals surface area contributed by atoms with E-state index in [1.165, 1.54) is 11.3 Å². The standard InChI is InChI=1S/C12H18O2S/c1-10(2)5-3-7-14-9-11(13)12-6-4-8-15-12/h4,6,8,10H,3,5,7,9H2,1-2H3. The highest BCUT2D eigenvalue weighted by Crippen LogP contribution is 2.09.